The van der Waals surface area contributed by atoms with Gasteiger partial charge in [0.25, 0.3) is 5.69 Å². The van der Waals surface area contributed by atoms with Crippen molar-refractivity contribution in [1.29, 1.82) is 0 Å². The van der Waals surface area contributed by atoms with E-state index in [1.54, 1.807) is 14.0 Å². The van der Waals surface area contributed by atoms with Crippen molar-refractivity contribution in [2.24, 2.45) is 0 Å². The summed E-state index contributed by atoms with van der Waals surface area (Å²) >= 11 is 0. The van der Waals surface area contributed by atoms with Gasteiger partial charge in [0.15, 0.2) is 0 Å². The molecular formula is C9H12N2O3. The van der Waals surface area contributed by atoms with Gasteiger partial charge in [0, 0.05) is 12.1 Å². The highest BCUT2D eigenvalue weighted by molar-refractivity contribution is 5.46. The first-order valence-corrected chi connectivity index (χ1v) is 4.21. The quantitative estimate of drug-likeness (QED) is 0.568. The van der Waals surface area contributed by atoms with E-state index in [0.717, 1.165) is 0 Å². The summed E-state index contributed by atoms with van der Waals surface area (Å²) in [4.78, 5) is 10.2. The van der Waals surface area contributed by atoms with Crippen molar-refractivity contribution in [3.8, 4) is 5.75 Å². The van der Waals surface area contributed by atoms with Crippen LogP contribution in [0, 0.1) is 10.1 Å². The van der Waals surface area contributed by atoms with Crippen molar-refractivity contribution >= 4 is 5.69 Å². The lowest BCUT2D eigenvalue weighted by Gasteiger charge is -2.10. The average Bonchev–Trinajstić information content (AvgIpc) is 2.16. The fraction of sp³-hybridized carbons (Fsp3) is 0.333. The molecule has 0 aliphatic heterocycles. The zero-order valence-corrected chi connectivity index (χ0v) is 8.02. The monoisotopic (exact) mass is 196 g/mol. The Morgan fingerprint density at radius 2 is 2.21 bits per heavy atom. The average molecular weight is 196 g/mol. The normalized spacial score (nSPS) is 12.4. The Morgan fingerprint density at radius 3 is 2.71 bits per heavy atom. The third-order valence-corrected chi connectivity index (χ3v) is 2.11. The fourth-order valence-electron chi connectivity index (χ4n) is 1.21. The number of benzene rings is 1. The molecule has 76 valence electrons. The summed E-state index contributed by atoms with van der Waals surface area (Å²) in [6.45, 7) is 1.79. The summed E-state index contributed by atoms with van der Waals surface area (Å²) in [6, 6.07) is 3.85. The number of nitro benzene ring substituents is 1. The summed E-state index contributed by atoms with van der Waals surface area (Å²) < 4.78 is 0. The molecule has 0 heterocycles. The third-order valence-electron chi connectivity index (χ3n) is 2.11. The van der Waals surface area contributed by atoms with Crippen LogP contribution in [0.3, 0.4) is 0 Å². The highest BCUT2D eigenvalue weighted by Gasteiger charge is 2.17. The Kier molecular flexibility index (Phi) is 3.03. The molecule has 0 aromatic heterocycles. The van der Waals surface area contributed by atoms with E-state index in [9.17, 15) is 15.2 Å². The highest BCUT2D eigenvalue weighted by atomic mass is 16.6. The van der Waals surface area contributed by atoms with E-state index in [1.807, 2.05) is 0 Å². The predicted octanol–water partition coefficient (Wildman–Crippen LogP) is 1.58. The minimum absolute atomic E-state index is 0.0182. The van der Waals surface area contributed by atoms with Crippen LogP contribution in [0.2, 0.25) is 0 Å². The molecule has 0 saturated heterocycles. The van der Waals surface area contributed by atoms with Crippen molar-refractivity contribution in [1.82, 2.24) is 5.32 Å². The smallest absolute Gasteiger partial charge is 0.274 e. The van der Waals surface area contributed by atoms with Crippen LogP contribution in [-0.4, -0.2) is 17.1 Å². The van der Waals surface area contributed by atoms with Crippen molar-refractivity contribution in [2.75, 3.05) is 7.05 Å². The van der Waals surface area contributed by atoms with Crippen LogP contribution in [0.5, 0.6) is 5.75 Å². The zero-order chi connectivity index (χ0) is 10.7. The van der Waals surface area contributed by atoms with Crippen LogP contribution in [0.4, 0.5) is 5.69 Å². The lowest BCUT2D eigenvalue weighted by atomic mass is 10.1. The van der Waals surface area contributed by atoms with Gasteiger partial charge in [-0.3, -0.25) is 10.1 Å². The van der Waals surface area contributed by atoms with Gasteiger partial charge in [-0.15, -0.1) is 0 Å². The molecule has 0 amide bonds. The van der Waals surface area contributed by atoms with Gasteiger partial charge in [-0.2, -0.15) is 0 Å². The second-order valence-corrected chi connectivity index (χ2v) is 3.01. The summed E-state index contributed by atoms with van der Waals surface area (Å²) in [5.74, 6) is 0.0349. The fourth-order valence-corrected chi connectivity index (χ4v) is 1.21. The topological polar surface area (TPSA) is 75.4 Å². The van der Waals surface area contributed by atoms with E-state index in [2.05, 4.69) is 5.32 Å². The van der Waals surface area contributed by atoms with Gasteiger partial charge in [0.1, 0.15) is 5.75 Å². The Labute approximate surface area is 81.5 Å². The maximum Gasteiger partial charge on any atom is 0.274 e. The molecule has 1 atom stereocenters. The molecule has 14 heavy (non-hydrogen) atoms. The molecule has 0 aliphatic rings. The highest BCUT2D eigenvalue weighted by Crippen LogP contribution is 2.28. The van der Waals surface area contributed by atoms with E-state index in [4.69, 9.17) is 0 Å². The Hall–Kier alpha value is -1.62. The maximum atomic E-state index is 10.6. The largest absolute Gasteiger partial charge is 0.508 e. The van der Waals surface area contributed by atoms with Gasteiger partial charge < -0.3 is 10.4 Å². The summed E-state index contributed by atoms with van der Waals surface area (Å²) in [6.07, 6.45) is 0. The molecular weight excluding hydrogens is 184 g/mol. The van der Waals surface area contributed by atoms with E-state index < -0.39 is 4.92 Å². The molecule has 1 rings (SSSR count). The molecule has 0 bridgehead atoms. The number of phenolic OH excluding ortho intramolecular Hbond substituents is 1. The van der Waals surface area contributed by atoms with E-state index >= 15 is 0 Å². The van der Waals surface area contributed by atoms with Crippen molar-refractivity contribution < 1.29 is 10.0 Å². The third kappa shape index (κ3) is 2.00. The predicted molar refractivity (Wildman–Crippen MR) is 52.2 cm³/mol. The lowest BCUT2D eigenvalue weighted by Crippen LogP contribution is -2.13. The number of hydrogen-bond acceptors (Lipinski definition) is 4. The minimum Gasteiger partial charge on any atom is -0.508 e. The molecule has 0 spiro atoms. The first-order valence-electron chi connectivity index (χ1n) is 4.21. The van der Waals surface area contributed by atoms with Crippen molar-refractivity contribution in [3.63, 3.8) is 0 Å². The van der Waals surface area contributed by atoms with Crippen LogP contribution < -0.4 is 5.32 Å². The van der Waals surface area contributed by atoms with Gasteiger partial charge in [-0.05, 0) is 26.1 Å². The van der Waals surface area contributed by atoms with E-state index in [-0.39, 0.29) is 17.5 Å². The molecule has 1 aromatic carbocycles. The summed E-state index contributed by atoms with van der Waals surface area (Å²) in [5.41, 5.74) is 0.502. The van der Waals surface area contributed by atoms with Crippen LogP contribution in [0.25, 0.3) is 0 Å². The minimum atomic E-state index is -0.456. The van der Waals surface area contributed by atoms with E-state index in [0.29, 0.717) is 5.56 Å². The van der Waals surface area contributed by atoms with Crippen LogP contribution in [0.1, 0.15) is 18.5 Å². The molecule has 1 aromatic rings. The van der Waals surface area contributed by atoms with Crippen molar-refractivity contribution in [3.05, 3.63) is 33.9 Å². The molecule has 0 fully saturated rings. The standard InChI is InChI=1S/C9H12N2O3/c1-6(10-2)8-5-7(12)3-4-9(8)11(13)14/h3-6,10,12H,1-2H3/t6-/m0/s1. The Balaban J connectivity index is 3.22. The van der Waals surface area contributed by atoms with Crippen molar-refractivity contribution in [2.45, 2.75) is 13.0 Å². The molecule has 5 nitrogen and oxygen atoms in total. The zero-order valence-electron chi connectivity index (χ0n) is 8.02. The number of aromatic hydroxyl groups is 1. The summed E-state index contributed by atoms with van der Waals surface area (Å²) in [5, 5.41) is 22.8. The Bertz CT molecular complexity index is 352. The first kappa shape index (κ1) is 10.5. The lowest BCUT2D eigenvalue weighted by molar-refractivity contribution is -0.385. The van der Waals surface area contributed by atoms with Gasteiger partial charge in [0.2, 0.25) is 0 Å². The number of hydrogen-bond donors (Lipinski definition) is 2. The maximum absolute atomic E-state index is 10.6. The second kappa shape index (κ2) is 4.06. The Morgan fingerprint density at radius 1 is 1.57 bits per heavy atom. The molecule has 0 unspecified atom stereocenters. The molecule has 2 N–H and O–H groups in total. The van der Waals surface area contributed by atoms with Crippen LogP contribution in [-0.2, 0) is 0 Å². The number of phenols is 1. The van der Waals surface area contributed by atoms with Crippen LogP contribution in [0.15, 0.2) is 18.2 Å². The number of rotatable bonds is 3. The van der Waals surface area contributed by atoms with Gasteiger partial charge in [-0.25, -0.2) is 0 Å². The first-order chi connectivity index (χ1) is 6.56. The van der Waals surface area contributed by atoms with E-state index in [1.165, 1.54) is 18.2 Å². The van der Waals surface area contributed by atoms with Gasteiger partial charge in [0.05, 0.1) is 10.5 Å². The molecule has 0 aliphatic carbocycles. The van der Waals surface area contributed by atoms with Gasteiger partial charge in [-0.1, -0.05) is 0 Å². The molecule has 0 radical (unpaired) electrons. The molecule has 0 saturated carbocycles. The SMILES string of the molecule is CN[C@@H](C)c1cc(O)ccc1[N+](=O)[O-]. The number of nitro groups is 1. The van der Waals surface area contributed by atoms with Gasteiger partial charge >= 0.3 is 0 Å². The summed E-state index contributed by atoms with van der Waals surface area (Å²) in [7, 11) is 1.71. The molecule has 5 heteroatoms. The van der Waals surface area contributed by atoms with Crippen LogP contribution >= 0.6 is 0 Å². The second-order valence-electron chi connectivity index (χ2n) is 3.01. The number of nitrogens with one attached hydrogen (secondary N) is 1. The number of nitrogens with zero attached hydrogens (tertiary/aromatic N) is 1.